The number of nitro benzene ring substituents is 1. The lowest BCUT2D eigenvalue weighted by molar-refractivity contribution is -0.385. The molecule has 1 N–H and O–H groups in total. The monoisotopic (exact) mass is 353 g/mol. The van der Waals surface area contributed by atoms with Gasteiger partial charge in [0, 0.05) is 30.8 Å². The molecule has 2 rings (SSSR count). The smallest absolute Gasteiger partial charge is 0.258 e. The van der Waals surface area contributed by atoms with Gasteiger partial charge in [-0.3, -0.25) is 15.1 Å². The molecule has 9 nitrogen and oxygen atoms in total. The van der Waals surface area contributed by atoms with E-state index in [4.69, 9.17) is 0 Å². The van der Waals surface area contributed by atoms with Crippen LogP contribution in [-0.2, 0) is 10.0 Å². The summed E-state index contributed by atoms with van der Waals surface area (Å²) in [5, 5.41) is 16.5. The van der Waals surface area contributed by atoms with Gasteiger partial charge in [-0.05, 0) is 19.4 Å². The van der Waals surface area contributed by atoms with E-state index in [0.29, 0.717) is 13.1 Å². The topological polar surface area (TPSA) is 117 Å². The first-order valence-electron chi connectivity index (χ1n) is 7.50. The highest BCUT2D eigenvalue weighted by atomic mass is 32.2. The van der Waals surface area contributed by atoms with Gasteiger partial charge in [0.2, 0.25) is 5.96 Å². The van der Waals surface area contributed by atoms with Crippen molar-refractivity contribution < 1.29 is 13.3 Å². The highest BCUT2D eigenvalue weighted by molar-refractivity contribution is 7.90. The van der Waals surface area contributed by atoms with Crippen molar-refractivity contribution in [1.29, 1.82) is 0 Å². The maximum atomic E-state index is 12.5. The van der Waals surface area contributed by atoms with Crippen LogP contribution in [0, 0.1) is 16.0 Å². The standard InChI is InChI=1S/C14H19N5O4S/c1-3-11-9-16-18(10-11)14(15-4-2)17-24(22,23)13-7-5-6-12(8-13)19(20)21/h5-9,11H,3-4,10H2,1-2H3,(H,15,17). The number of sulfonamides is 1. The molecule has 0 aromatic heterocycles. The first-order valence-corrected chi connectivity index (χ1v) is 8.99. The van der Waals surface area contributed by atoms with Gasteiger partial charge < -0.3 is 0 Å². The van der Waals surface area contributed by atoms with Crippen molar-refractivity contribution >= 4 is 27.9 Å². The molecule has 1 aliphatic heterocycles. The van der Waals surface area contributed by atoms with Gasteiger partial charge in [-0.2, -0.15) is 5.10 Å². The summed E-state index contributed by atoms with van der Waals surface area (Å²) in [7, 11) is -4.00. The number of non-ortho nitro benzene ring substituents is 1. The minimum absolute atomic E-state index is 0.108. The number of benzene rings is 1. The van der Waals surface area contributed by atoms with Crippen molar-refractivity contribution in [3.63, 3.8) is 0 Å². The summed E-state index contributed by atoms with van der Waals surface area (Å²) in [5.74, 6) is 0.338. The Morgan fingerprint density at radius 2 is 2.25 bits per heavy atom. The quantitative estimate of drug-likeness (QED) is 0.373. The van der Waals surface area contributed by atoms with Gasteiger partial charge in [-0.1, -0.05) is 13.0 Å². The fraction of sp³-hybridized carbons (Fsp3) is 0.429. The van der Waals surface area contributed by atoms with E-state index < -0.39 is 14.9 Å². The van der Waals surface area contributed by atoms with Gasteiger partial charge in [0.05, 0.1) is 16.4 Å². The summed E-state index contributed by atoms with van der Waals surface area (Å²) in [6.45, 7) is 4.70. The third kappa shape index (κ3) is 4.07. The summed E-state index contributed by atoms with van der Waals surface area (Å²) < 4.78 is 27.4. The Morgan fingerprint density at radius 3 is 2.83 bits per heavy atom. The van der Waals surface area contributed by atoms with E-state index in [-0.39, 0.29) is 22.5 Å². The average molecular weight is 353 g/mol. The van der Waals surface area contributed by atoms with Crippen molar-refractivity contribution in [1.82, 2.24) is 9.73 Å². The average Bonchev–Trinajstić information content (AvgIpc) is 3.03. The molecular weight excluding hydrogens is 334 g/mol. The number of nitro groups is 1. The first kappa shape index (κ1) is 17.9. The Kier molecular flexibility index (Phi) is 5.50. The van der Waals surface area contributed by atoms with E-state index in [1.165, 1.54) is 23.2 Å². The molecule has 0 saturated heterocycles. The van der Waals surface area contributed by atoms with Gasteiger partial charge in [-0.15, -0.1) is 0 Å². The zero-order chi connectivity index (χ0) is 17.7. The normalized spacial score (nSPS) is 18.0. The molecular formula is C14H19N5O4S. The van der Waals surface area contributed by atoms with Gasteiger partial charge in [0.25, 0.3) is 15.7 Å². The molecule has 1 aromatic carbocycles. The first-order chi connectivity index (χ1) is 11.4. The number of nitrogens with zero attached hydrogens (tertiary/aromatic N) is 4. The Morgan fingerprint density at radius 1 is 1.50 bits per heavy atom. The molecule has 1 aromatic rings. The van der Waals surface area contributed by atoms with Gasteiger partial charge in [-0.25, -0.2) is 18.1 Å². The predicted octanol–water partition coefficient (Wildman–Crippen LogP) is 1.58. The molecule has 1 atom stereocenters. The zero-order valence-electron chi connectivity index (χ0n) is 13.4. The zero-order valence-corrected chi connectivity index (χ0v) is 14.2. The second-order valence-corrected chi connectivity index (χ2v) is 6.86. The number of rotatable bonds is 5. The van der Waals surface area contributed by atoms with E-state index in [1.54, 1.807) is 13.1 Å². The summed E-state index contributed by atoms with van der Waals surface area (Å²) in [5.41, 5.74) is -0.294. The van der Waals surface area contributed by atoms with E-state index >= 15 is 0 Å². The molecule has 1 unspecified atom stereocenters. The molecule has 10 heteroatoms. The number of aliphatic imine (C=N–C) groups is 1. The maximum Gasteiger partial charge on any atom is 0.270 e. The SMILES string of the molecule is CCN=C(NS(=O)(=O)c1cccc([N+](=O)[O-])c1)N1CC(CC)C=N1. The fourth-order valence-corrected chi connectivity index (χ4v) is 3.19. The minimum atomic E-state index is -4.00. The molecule has 1 aliphatic rings. The number of hydrogen-bond acceptors (Lipinski definition) is 6. The minimum Gasteiger partial charge on any atom is -0.258 e. The van der Waals surface area contributed by atoms with Crippen LogP contribution in [0.2, 0.25) is 0 Å². The van der Waals surface area contributed by atoms with Crippen LogP contribution in [0.4, 0.5) is 5.69 Å². The van der Waals surface area contributed by atoms with Crippen molar-refractivity contribution in [3.05, 3.63) is 34.4 Å². The van der Waals surface area contributed by atoms with E-state index in [9.17, 15) is 18.5 Å². The Hall–Kier alpha value is -2.49. The van der Waals surface area contributed by atoms with E-state index in [2.05, 4.69) is 14.8 Å². The largest absolute Gasteiger partial charge is 0.270 e. The van der Waals surface area contributed by atoms with E-state index in [0.717, 1.165) is 12.5 Å². The van der Waals surface area contributed by atoms with Crippen LogP contribution in [0.5, 0.6) is 0 Å². The lowest BCUT2D eigenvalue weighted by Gasteiger charge is -2.19. The van der Waals surface area contributed by atoms with Crippen molar-refractivity contribution in [2.24, 2.45) is 16.0 Å². The molecule has 0 spiro atoms. The van der Waals surface area contributed by atoms with Crippen molar-refractivity contribution in [2.45, 2.75) is 25.2 Å². The Bertz CT molecular complexity index is 775. The molecule has 1 heterocycles. The molecule has 0 fully saturated rings. The van der Waals surface area contributed by atoms with Crippen LogP contribution in [-0.4, -0.2) is 43.6 Å². The number of hydrogen-bond donors (Lipinski definition) is 1. The summed E-state index contributed by atoms with van der Waals surface area (Å²) in [4.78, 5) is 14.1. The predicted molar refractivity (Wildman–Crippen MR) is 90.4 cm³/mol. The number of nitrogens with one attached hydrogen (secondary N) is 1. The van der Waals surface area contributed by atoms with Gasteiger partial charge >= 0.3 is 0 Å². The van der Waals surface area contributed by atoms with Gasteiger partial charge in [0.1, 0.15) is 0 Å². The van der Waals surface area contributed by atoms with Crippen molar-refractivity contribution in [2.75, 3.05) is 13.1 Å². The lowest BCUT2D eigenvalue weighted by Crippen LogP contribution is -2.41. The highest BCUT2D eigenvalue weighted by Crippen LogP contribution is 2.18. The van der Waals surface area contributed by atoms with Crippen LogP contribution in [0.3, 0.4) is 0 Å². The summed E-state index contributed by atoms with van der Waals surface area (Å²) in [6.07, 6.45) is 2.64. The summed E-state index contributed by atoms with van der Waals surface area (Å²) in [6, 6.07) is 4.86. The third-order valence-corrected chi connectivity index (χ3v) is 4.79. The third-order valence-electron chi connectivity index (χ3n) is 3.47. The number of hydrazone groups is 1. The van der Waals surface area contributed by atoms with Crippen molar-refractivity contribution in [3.8, 4) is 0 Å². The second-order valence-electron chi connectivity index (χ2n) is 5.17. The summed E-state index contributed by atoms with van der Waals surface area (Å²) >= 11 is 0. The number of guanidine groups is 1. The molecule has 24 heavy (non-hydrogen) atoms. The maximum absolute atomic E-state index is 12.5. The van der Waals surface area contributed by atoms with Crippen LogP contribution in [0.25, 0.3) is 0 Å². The molecule has 130 valence electrons. The Labute approximate surface area is 140 Å². The lowest BCUT2D eigenvalue weighted by atomic mass is 10.1. The molecule has 0 radical (unpaired) electrons. The Balaban J connectivity index is 2.25. The van der Waals surface area contributed by atoms with Gasteiger partial charge in [0.15, 0.2) is 0 Å². The van der Waals surface area contributed by atoms with Crippen LogP contribution in [0.15, 0.2) is 39.3 Å². The highest BCUT2D eigenvalue weighted by Gasteiger charge is 2.25. The van der Waals surface area contributed by atoms with Crippen LogP contribution < -0.4 is 4.72 Å². The molecule has 0 aliphatic carbocycles. The fourth-order valence-electron chi connectivity index (χ4n) is 2.13. The second kappa shape index (κ2) is 7.39. The molecule has 0 bridgehead atoms. The van der Waals surface area contributed by atoms with E-state index in [1.807, 2.05) is 6.92 Å². The van der Waals surface area contributed by atoms with Crippen LogP contribution >= 0.6 is 0 Å². The molecule has 0 saturated carbocycles. The van der Waals surface area contributed by atoms with Crippen LogP contribution in [0.1, 0.15) is 20.3 Å². The molecule has 0 amide bonds.